The van der Waals surface area contributed by atoms with Gasteiger partial charge in [-0.2, -0.15) is 0 Å². The molecule has 1 heterocycles. The summed E-state index contributed by atoms with van der Waals surface area (Å²) >= 11 is 0. The molecule has 0 bridgehead atoms. The van der Waals surface area contributed by atoms with Gasteiger partial charge in [-0.15, -0.1) is 0 Å². The normalized spacial score (nSPS) is 27.0. The fourth-order valence-corrected chi connectivity index (χ4v) is 3.24. The minimum absolute atomic E-state index is 0.0119. The van der Waals surface area contributed by atoms with E-state index in [1.807, 2.05) is 13.8 Å². The van der Waals surface area contributed by atoms with Gasteiger partial charge in [-0.25, -0.2) is 9.59 Å². The summed E-state index contributed by atoms with van der Waals surface area (Å²) in [5.74, 6) is -0.935. The Bertz CT molecular complexity index is 402. The zero-order chi connectivity index (χ0) is 15.5. The van der Waals surface area contributed by atoms with E-state index in [2.05, 4.69) is 10.6 Å². The minimum atomic E-state index is -1.10. The lowest BCUT2D eigenvalue weighted by atomic mass is 9.82. The molecule has 1 atom stereocenters. The Morgan fingerprint density at radius 1 is 1.19 bits per heavy atom. The van der Waals surface area contributed by atoms with E-state index in [1.165, 1.54) is 0 Å². The molecule has 1 aliphatic heterocycles. The van der Waals surface area contributed by atoms with Crippen molar-refractivity contribution in [3.8, 4) is 0 Å². The molecule has 2 amide bonds. The molecular weight excluding hydrogens is 272 g/mol. The van der Waals surface area contributed by atoms with E-state index in [0.717, 1.165) is 32.1 Å². The van der Waals surface area contributed by atoms with Gasteiger partial charge in [-0.1, -0.05) is 19.3 Å². The molecule has 1 saturated heterocycles. The number of nitrogens with one attached hydrogen (secondary N) is 2. The molecule has 2 rings (SSSR count). The van der Waals surface area contributed by atoms with Crippen LogP contribution in [0.2, 0.25) is 0 Å². The maximum atomic E-state index is 12.0. The third-order valence-corrected chi connectivity index (χ3v) is 4.51. The van der Waals surface area contributed by atoms with Crippen LogP contribution in [0.1, 0.15) is 58.8 Å². The van der Waals surface area contributed by atoms with Gasteiger partial charge in [0.2, 0.25) is 0 Å². The lowest BCUT2D eigenvalue weighted by Gasteiger charge is -2.34. The number of aliphatic carboxylic acids is 1. The molecule has 120 valence electrons. The van der Waals surface area contributed by atoms with Crippen LogP contribution < -0.4 is 10.6 Å². The van der Waals surface area contributed by atoms with Crippen molar-refractivity contribution in [3.05, 3.63) is 0 Å². The van der Waals surface area contributed by atoms with Crippen molar-refractivity contribution in [3.63, 3.8) is 0 Å². The van der Waals surface area contributed by atoms with E-state index in [0.29, 0.717) is 19.4 Å². The highest BCUT2D eigenvalue weighted by molar-refractivity contribution is 5.86. The fourth-order valence-electron chi connectivity index (χ4n) is 3.24. The van der Waals surface area contributed by atoms with Gasteiger partial charge in [0.1, 0.15) is 5.54 Å². The third-order valence-electron chi connectivity index (χ3n) is 4.51. The second-order valence-corrected chi connectivity index (χ2v) is 6.82. The quantitative estimate of drug-likeness (QED) is 0.741. The molecule has 0 radical (unpaired) electrons. The van der Waals surface area contributed by atoms with Crippen molar-refractivity contribution >= 4 is 12.0 Å². The average molecular weight is 298 g/mol. The molecule has 1 unspecified atom stereocenters. The molecule has 6 heteroatoms. The fraction of sp³-hybridized carbons (Fsp3) is 0.867. The third kappa shape index (κ3) is 4.09. The highest BCUT2D eigenvalue weighted by atomic mass is 16.5. The monoisotopic (exact) mass is 298 g/mol. The number of hydrogen-bond donors (Lipinski definition) is 3. The van der Waals surface area contributed by atoms with Crippen LogP contribution in [-0.2, 0) is 9.53 Å². The number of hydrogen-bond acceptors (Lipinski definition) is 3. The molecular formula is C15H26N2O4. The van der Waals surface area contributed by atoms with Crippen LogP contribution in [0, 0.1) is 0 Å². The lowest BCUT2D eigenvalue weighted by molar-refractivity contribution is -0.145. The van der Waals surface area contributed by atoms with E-state index in [9.17, 15) is 14.7 Å². The highest BCUT2D eigenvalue weighted by Crippen LogP contribution is 2.29. The smallest absolute Gasteiger partial charge is 0.329 e. The number of carbonyl (C=O) groups is 2. The van der Waals surface area contributed by atoms with Gasteiger partial charge in [0.25, 0.3) is 0 Å². The summed E-state index contributed by atoms with van der Waals surface area (Å²) < 4.78 is 5.80. The summed E-state index contributed by atoms with van der Waals surface area (Å²) in [5, 5.41) is 14.8. The second kappa shape index (κ2) is 6.22. The first-order chi connectivity index (χ1) is 9.83. The molecule has 1 saturated carbocycles. The van der Waals surface area contributed by atoms with Gasteiger partial charge < -0.3 is 20.5 Å². The van der Waals surface area contributed by atoms with Gasteiger partial charge in [0.05, 0.1) is 11.7 Å². The number of urea groups is 1. The molecule has 3 N–H and O–H groups in total. The van der Waals surface area contributed by atoms with Crippen molar-refractivity contribution in [2.24, 2.45) is 0 Å². The maximum absolute atomic E-state index is 12.0. The van der Waals surface area contributed by atoms with Crippen molar-refractivity contribution in [2.45, 2.75) is 76.0 Å². The molecule has 0 aromatic heterocycles. The number of carboxylic acid groups (broad SMARTS) is 1. The standard InChI is InChI=1S/C15H26N2O4/c1-14(2)9-6-11(21-14)10-16-13(20)17-15(12(18)19)7-4-3-5-8-15/h11H,3-10H2,1-2H3,(H,18,19)(H2,16,17,20). The summed E-state index contributed by atoms with van der Waals surface area (Å²) in [4.78, 5) is 23.5. The van der Waals surface area contributed by atoms with Crippen LogP contribution in [0.3, 0.4) is 0 Å². The maximum Gasteiger partial charge on any atom is 0.329 e. The number of ether oxygens (including phenoxy) is 1. The number of carboxylic acids is 1. The Morgan fingerprint density at radius 3 is 2.38 bits per heavy atom. The number of carbonyl (C=O) groups excluding carboxylic acids is 1. The van der Waals surface area contributed by atoms with Gasteiger partial charge in [-0.05, 0) is 39.5 Å². The first kappa shape index (κ1) is 16.1. The summed E-state index contributed by atoms with van der Waals surface area (Å²) in [6, 6.07) is -0.410. The number of rotatable bonds is 4. The first-order valence-electron chi connectivity index (χ1n) is 7.80. The van der Waals surface area contributed by atoms with E-state index >= 15 is 0 Å². The van der Waals surface area contributed by atoms with Gasteiger partial charge >= 0.3 is 12.0 Å². The van der Waals surface area contributed by atoms with Crippen LogP contribution in [0.25, 0.3) is 0 Å². The Balaban J connectivity index is 1.82. The van der Waals surface area contributed by atoms with E-state index in [-0.39, 0.29) is 11.7 Å². The number of amides is 2. The van der Waals surface area contributed by atoms with E-state index in [4.69, 9.17) is 4.74 Å². The van der Waals surface area contributed by atoms with Crippen molar-refractivity contribution < 1.29 is 19.4 Å². The van der Waals surface area contributed by atoms with Gasteiger partial charge in [0.15, 0.2) is 0 Å². The van der Waals surface area contributed by atoms with Crippen LogP contribution in [0.15, 0.2) is 0 Å². The predicted octanol–water partition coefficient (Wildman–Crippen LogP) is 2.03. The molecule has 1 aliphatic carbocycles. The summed E-state index contributed by atoms with van der Waals surface area (Å²) in [7, 11) is 0. The molecule has 2 aliphatic rings. The summed E-state index contributed by atoms with van der Waals surface area (Å²) in [6.07, 6.45) is 5.61. The highest BCUT2D eigenvalue weighted by Gasteiger charge is 2.41. The van der Waals surface area contributed by atoms with E-state index in [1.54, 1.807) is 0 Å². The molecule has 0 aromatic carbocycles. The molecule has 2 fully saturated rings. The lowest BCUT2D eigenvalue weighted by Crippen LogP contribution is -2.58. The van der Waals surface area contributed by atoms with Crippen molar-refractivity contribution in [1.82, 2.24) is 10.6 Å². The van der Waals surface area contributed by atoms with E-state index < -0.39 is 17.5 Å². The van der Waals surface area contributed by atoms with Gasteiger partial charge in [0, 0.05) is 6.54 Å². The zero-order valence-corrected chi connectivity index (χ0v) is 12.9. The summed E-state index contributed by atoms with van der Waals surface area (Å²) in [5.41, 5.74) is -1.23. The predicted molar refractivity (Wildman–Crippen MR) is 78.2 cm³/mol. The van der Waals surface area contributed by atoms with Crippen LogP contribution in [0.4, 0.5) is 4.79 Å². The second-order valence-electron chi connectivity index (χ2n) is 6.82. The Hall–Kier alpha value is -1.30. The van der Waals surface area contributed by atoms with Crippen molar-refractivity contribution in [2.75, 3.05) is 6.54 Å². The average Bonchev–Trinajstić information content (AvgIpc) is 2.77. The van der Waals surface area contributed by atoms with Gasteiger partial charge in [-0.3, -0.25) is 0 Å². The SMILES string of the molecule is CC1(C)CCC(CNC(=O)NC2(C(=O)O)CCCCC2)O1. The largest absolute Gasteiger partial charge is 0.480 e. The van der Waals surface area contributed by atoms with Crippen molar-refractivity contribution in [1.29, 1.82) is 0 Å². The molecule has 0 spiro atoms. The minimum Gasteiger partial charge on any atom is -0.480 e. The van der Waals surface area contributed by atoms with Crippen LogP contribution in [-0.4, -0.2) is 40.9 Å². The molecule has 0 aromatic rings. The zero-order valence-electron chi connectivity index (χ0n) is 12.9. The Kier molecular flexibility index (Phi) is 4.76. The summed E-state index contributed by atoms with van der Waals surface area (Å²) in [6.45, 7) is 4.49. The first-order valence-corrected chi connectivity index (χ1v) is 7.80. The molecule has 21 heavy (non-hydrogen) atoms. The van der Waals surface area contributed by atoms with Crippen LogP contribution >= 0.6 is 0 Å². The Morgan fingerprint density at radius 2 is 1.86 bits per heavy atom. The van der Waals surface area contributed by atoms with Crippen LogP contribution in [0.5, 0.6) is 0 Å². The Labute approximate surface area is 125 Å². The molecule has 6 nitrogen and oxygen atoms in total. The topological polar surface area (TPSA) is 87.7 Å².